The Morgan fingerprint density at radius 3 is 2.83 bits per heavy atom. The molecule has 0 unspecified atom stereocenters. The van der Waals surface area contributed by atoms with Gasteiger partial charge in [-0.05, 0) is 18.4 Å². The first-order valence-corrected chi connectivity index (χ1v) is 11.1. The van der Waals surface area contributed by atoms with Crippen LogP contribution in [0.3, 0.4) is 0 Å². The molecule has 4 heterocycles. The highest BCUT2D eigenvalue weighted by Gasteiger charge is 2.34. The summed E-state index contributed by atoms with van der Waals surface area (Å²) in [6.45, 7) is 2.87. The number of aromatic nitrogens is 4. The maximum absolute atomic E-state index is 13.1. The summed E-state index contributed by atoms with van der Waals surface area (Å²) < 4.78 is 1.80. The molecule has 0 bridgehead atoms. The molecular weight excluding hydrogens is 450 g/mol. The van der Waals surface area contributed by atoms with Crippen molar-refractivity contribution >= 4 is 45.6 Å². The minimum Gasteiger partial charge on any atom is -0.351 e. The highest BCUT2D eigenvalue weighted by molar-refractivity contribution is 6.40. The summed E-state index contributed by atoms with van der Waals surface area (Å²) in [5, 5.41) is 20.0. The van der Waals surface area contributed by atoms with Gasteiger partial charge < -0.3 is 25.4 Å². The van der Waals surface area contributed by atoms with E-state index in [-0.39, 0.29) is 36.9 Å². The quantitative estimate of drug-likeness (QED) is 0.291. The van der Waals surface area contributed by atoms with Crippen molar-refractivity contribution < 1.29 is 14.4 Å². The number of anilines is 1. The van der Waals surface area contributed by atoms with Gasteiger partial charge in [-0.1, -0.05) is 12.8 Å². The first kappa shape index (κ1) is 23.6. The summed E-state index contributed by atoms with van der Waals surface area (Å²) in [7, 11) is 1.37. The number of hydrogen-bond donors (Lipinski definition) is 3. The molecule has 3 aromatic rings. The zero-order valence-electron chi connectivity index (χ0n) is 19.4. The molecule has 1 aliphatic heterocycles. The van der Waals surface area contributed by atoms with Gasteiger partial charge in [0.25, 0.3) is 0 Å². The number of likely N-dealkylation sites (tertiary alicyclic amines) is 1. The van der Waals surface area contributed by atoms with Crippen LogP contribution in [0.2, 0.25) is 0 Å². The van der Waals surface area contributed by atoms with Gasteiger partial charge in [0.1, 0.15) is 12.2 Å². The second-order valence-corrected chi connectivity index (χ2v) is 8.37. The first-order chi connectivity index (χ1) is 16.9. The molecule has 0 aliphatic carbocycles. The number of piperidine rings is 1. The maximum Gasteiger partial charge on any atom is 0.321 e. The number of nitriles is 1. The Morgan fingerprint density at radius 1 is 1.31 bits per heavy atom. The number of terminal acetylenes is 1. The summed E-state index contributed by atoms with van der Waals surface area (Å²) in [6, 6.07) is 3.30. The summed E-state index contributed by atoms with van der Waals surface area (Å²) in [4.78, 5) is 47.7. The van der Waals surface area contributed by atoms with Gasteiger partial charge in [0.15, 0.2) is 5.82 Å². The normalized spacial score (nSPS) is 17.5. The fourth-order valence-electron chi connectivity index (χ4n) is 4.36. The smallest absolute Gasteiger partial charge is 0.321 e. The Balaban J connectivity index is 1.76. The third kappa shape index (κ3) is 4.34. The number of H-pyrrole nitrogens is 1. The summed E-state index contributed by atoms with van der Waals surface area (Å²) in [6.07, 6.45) is 9.45. The molecule has 1 aliphatic rings. The SMILES string of the molecule is C#CCN(CC#N)C(=O)N1CC[C@@H](C)[C@@H](n2nc(NC(=O)C(=O)NC)c3cnc4[nH]ccc4c32)C1. The number of carbonyl (C=O) groups is 3. The van der Waals surface area contributed by atoms with Gasteiger partial charge in [-0.25, -0.2) is 9.78 Å². The molecule has 35 heavy (non-hydrogen) atoms. The standard InChI is InChI=1S/C23H25N9O3/c1-4-9-30(11-7-24)23(35)31-10-6-14(2)17(13-31)32-18-15-5-8-26-19(15)27-12-16(18)20(29-32)28-22(34)21(33)25-3/h1,5,8,12,14,17H,6,9-11,13H2,2-3H3,(H,25,33)(H,26,27)(H,28,29,34)/t14-,17+/m1/s1. The molecule has 180 valence electrons. The van der Waals surface area contributed by atoms with Gasteiger partial charge in [0.2, 0.25) is 0 Å². The highest BCUT2D eigenvalue weighted by Crippen LogP contribution is 2.35. The number of fused-ring (bicyclic) bond motifs is 3. The number of amides is 4. The molecule has 0 aromatic carbocycles. The van der Waals surface area contributed by atoms with Crippen LogP contribution in [-0.2, 0) is 9.59 Å². The van der Waals surface area contributed by atoms with Gasteiger partial charge in [0.05, 0.1) is 29.6 Å². The van der Waals surface area contributed by atoms with Gasteiger partial charge in [0, 0.05) is 37.9 Å². The second kappa shape index (κ2) is 9.73. The van der Waals surface area contributed by atoms with E-state index in [9.17, 15) is 14.4 Å². The summed E-state index contributed by atoms with van der Waals surface area (Å²) in [5.41, 5.74) is 1.38. The Labute approximate surface area is 201 Å². The van der Waals surface area contributed by atoms with Gasteiger partial charge in [-0.2, -0.15) is 10.4 Å². The minimum absolute atomic E-state index is 0.0408. The third-order valence-corrected chi connectivity index (χ3v) is 6.23. The van der Waals surface area contributed by atoms with Crippen molar-refractivity contribution in [1.29, 1.82) is 5.26 Å². The Morgan fingerprint density at radius 2 is 2.11 bits per heavy atom. The number of nitrogens with one attached hydrogen (secondary N) is 3. The topological polar surface area (TPSA) is 152 Å². The third-order valence-electron chi connectivity index (χ3n) is 6.23. The van der Waals surface area contributed by atoms with Crippen LogP contribution in [0.25, 0.3) is 21.9 Å². The second-order valence-electron chi connectivity index (χ2n) is 8.37. The molecule has 3 N–H and O–H groups in total. The predicted molar refractivity (Wildman–Crippen MR) is 128 cm³/mol. The minimum atomic E-state index is -0.844. The van der Waals surface area contributed by atoms with Crippen molar-refractivity contribution in [2.24, 2.45) is 5.92 Å². The number of carbonyl (C=O) groups excluding carboxylic acids is 3. The molecular formula is C23H25N9O3. The Bertz CT molecular complexity index is 1360. The van der Waals surface area contributed by atoms with Crippen LogP contribution in [0.5, 0.6) is 0 Å². The lowest BCUT2D eigenvalue weighted by atomic mass is 9.93. The van der Waals surface area contributed by atoms with Crippen molar-refractivity contribution in [3.05, 3.63) is 18.5 Å². The van der Waals surface area contributed by atoms with Gasteiger partial charge >= 0.3 is 17.8 Å². The molecule has 3 aromatic heterocycles. The molecule has 0 radical (unpaired) electrons. The van der Waals surface area contributed by atoms with Crippen molar-refractivity contribution in [3.63, 3.8) is 0 Å². The van der Waals surface area contributed by atoms with Crippen LogP contribution in [0.15, 0.2) is 18.5 Å². The monoisotopic (exact) mass is 475 g/mol. The molecule has 0 saturated carbocycles. The van der Waals surface area contributed by atoms with E-state index in [1.54, 1.807) is 22.0 Å². The van der Waals surface area contributed by atoms with Crippen LogP contribution in [0, 0.1) is 29.6 Å². The highest BCUT2D eigenvalue weighted by atomic mass is 16.2. The number of likely N-dealkylation sites (N-methyl/N-ethyl adjacent to an activating group) is 1. The number of pyridine rings is 1. The molecule has 12 heteroatoms. The fraction of sp³-hybridized carbons (Fsp3) is 0.391. The number of urea groups is 1. The van der Waals surface area contributed by atoms with Crippen LogP contribution >= 0.6 is 0 Å². The Kier molecular flexibility index (Phi) is 6.55. The van der Waals surface area contributed by atoms with E-state index in [4.69, 9.17) is 11.7 Å². The van der Waals surface area contributed by atoms with E-state index in [1.807, 2.05) is 12.1 Å². The van der Waals surface area contributed by atoms with E-state index >= 15 is 0 Å². The van der Waals surface area contributed by atoms with Crippen LogP contribution in [0.1, 0.15) is 19.4 Å². The summed E-state index contributed by atoms with van der Waals surface area (Å²) in [5.74, 6) is 1.14. The maximum atomic E-state index is 13.1. The molecule has 1 fully saturated rings. The number of rotatable bonds is 4. The van der Waals surface area contributed by atoms with Crippen LogP contribution < -0.4 is 10.6 Å². The van der Waals surface area contributed by atoms with E-state index < -0.39 is 11.8 Å². The van der Waals surface area contributed by atoms with E-state index in [0.29, 0.717) is 30.5 Å². The van der Waals surface area contributed by atoms with Crippen LogP contribution in [0.4, 0.5) is 10.6 Å². The van der Waals surface area contributed by atoms with Crippen molar-refractivity contribution in [2.45, 2.75) is 19.4 Å². The number of aromatic amines is 1. The molecule has 4 amide bonds. The molecule has 1 saturated heterocycles. The molecule has 2 atom stereocenters. The number of nitrogens with zero attached hydrogens (tertiary/aromatic N) is 6. The molecule has 12 nitrogen and oxygen atoms in total. The van der Waals surface area contributed by atoms with Gasteiger partial charge in [-0.3, -0.25) is 14.3 Å². The average Bonchev–Trinajstić information content (AvgIpc) is 3.48. The number of hydrogen-bond acceptors (Lipinski definition) is 6. The van der Waals surface area contributed by atoms with E-state index in [1.165, 1.54) is 11.9 Å². The van der Waals surface area contributed by atoms with Gasteiger partial charge in [-0.15, -0.1) is 6.42 Å². The molecule has 4 rings (SSSR count). The Hall–Kier alpha value is -4.58. The summed E-state index contributed by atoms with van der Waals surface area (Å²) >= 11 is 0. The lowest BCUT2D eigenvalue weighted by molar-refractivity contribution is -0.135. The lowest BCUT2D eigenvalue weighted by Crippen LogP contribution is -2.50. The zero-order chi connectivity index (χ0) is 25.1. The van der Waals surface area contributed by atoms with Crippen molar-refractivity contribution in [3.8, 4) is 18.4 Å². The zero-order valence-corrected chi connectivity index (χ0v) is 19.4. The molecule has 0 spiro atoms. The average molecular weight is 476 g/mol. The van der Waals surface area contributed by atoms with E-state index in [0.717, 1.165) is 10.9 Å². The van der Waals surface area contributed by atoms with Crippen molar-refractivity contribution in [1.82, 2.24) is 34.9 Å². The predicted octanol–water partition coefficient (Wildman–Crippen LogP) is 1.06. The fourth-order valence-corrected chi connectivity index (χ4v) is 4.36. The van der Waals surface area contributed by atoms with Crippen molar-refractivity contribution in [2.75, 3.05) is 38.5 Å². The van der Waals surface area contributed by atoms with E-state index in [2.05, 4.69) is 38.5 Å². The van der Waals surface area contributed by atoms with Crippen LogP contribution in [-0.4, -0.2) is 80.6 Å². The lowest BCUT2D eigenvalue weighted by Gasteiger charge is -2.39. The first-order valence-electron chi connectivity index (χ1n) is 11.1. The largest absolute Gasteiger partial charge is 0.351 e.